The molecule has 0 bridgehead atoms. The van der Waals surface area contributed by atoms with E-state index >= 15 is 0 Å². The molecule has 1 unspecified atom stereocenters. The van der Waals surface area contributed by atoms with E-state index in [2.05, 4.69) is 27.2 Å². The smallest absolute Gasteiger partial charge is 0.336 e. The fraction of sp³-hybridized carbons (Fsp3) is 0.357. The number of nitrogens with one attached hydrogen (secondary N) is 1. The third-order valence-corrected chi connectivity index (χ3v) is 6.93. The SMILES string of the molecule is COC(=O)C1=C(C)NC(C)=C(C(=O)OCCN2CCN(c3ccccc3)CC2)C1c1cccc([N+](=O)[O-])c1. The maximum Gasteiger partial charge on any atom is 0.336 e. The number of piperazine rings is 1. The van der Waals surface area contributed by atoms with Crippen molar-refractivity contribution in [3.63, 3.8) is 0 Å². The molecule has 1 saturated heterocycles. The largest absolute Gasteiger partial charge is 0.466 e. The van der Waals surface area contributed by atoms with Gasteiger partial charge >= 0.3 is 11.9 Å². The number of para-hydroxylation sites is 1. The van der Waals surface area contributed by atoms with Crippen LogP contribution in [0.3, 0.4) is 0 Å². The Morgan fingerprint density at radius 2 is 1.63 bits per heavy atom. The van der Waals surface area contributed by atoms with Gasteiger partial charge in [-0.3, -0.25) is 15.0 Å². The number of carbonyl (C=O) groups excluding carboxylic acids is 2. The van der Waals surface area contributed by atoms with E-state index in [0.29, 0.717) is 23.5 Å². The van der Waals surface area contributed by atoms with Crippen LogP contribution in [0.2, 0.25) is 0 Å². The standard InChI is InChI=1S/C28H32N4O6/c1-19-24(27(33)37-3)26(21-8-7-11-23(18-21)32(35)36)25(20(2)29-19)28(34)38-17-16-30-12-14-31(15-13-30)22-9-5-4-6-10-22/h4-11,18,26,29H,12-17H2,1-3H3. The molecule has 2 aromatic carbocycles. The molecule has 0 aromatic heterocycles. The van der Waals surface area contributed by atoms with E-state index in [4.69, 9.17) is 9.47 Å². The molecule has 2 heterocycles. The summed E-state index contributed by atoms with van der Waals surface area (Å²) in [6.07, 6.45) is 0. The first-order valence-electron chi connectivity index (χ1n) is 12.5. The minimum atomic E-state index is -0.870. The van der Waals surface area contributed by atoms with Crippen LogP contribution in [0.4, 0.5) is 11.4 Å². The van der Waals surface area contributed by atoms with E-state index in [-0.39, 0.29) is 23.4 Å². The normalized spacial score (nSPS) is 18.2. The summed E-state index contributed by atoms with van der Waals surface area (Å²) < 4.78 is 10.7. The van der Waals surface area contributed by atoms with E-state index < -0.39 is 22.8 Å². The van der Waals surface area contributed by atoms with Gasteiger partial charge in [0.05, 0.1) is 29.1 Å². The Balaban J connectivity index is 1.47. The van der Waals surface area contributed by atoms with Gasteiger partial charge in [0.1, 0.15) is 6.61 Å². The number of nitro groups is 1. The van der Waals surface area contributed by atoms with Crippen LogP contribution >= 0.6 is 0 Å². The Kier molecular flexibility index (Phi) is 8.42. The highest BCUT2D eigenvalue weighted by Gasteiger charge is 2.38. The van der Waals surface area contributed by atoms with Crippen molar-refractivity contribution in [1.82, 2.24) is 10.2 Å². The first-order valence-corrected chi connectivity index (χ1v) is 12.5. The van der Waals surface area contributed by atoms with E-state index in [1.54, 1.807) is 19.9 Å². The first kappa shape index (κ1) is 26.9. The molecule has 38 heavy (non-hydrogen) atoms. The number of hydrogen-bond donors (Lipinski definition) is 1. The topological polar surface area (TPSA) is 114 Å². The summed E-state index contributed by atoms with van der Waals surface area (Å²) in [6.45, 7) is 7.65. The summed E-state index contributed by atoms with van der Waals surface area (Å²) in [5, 5.41) is 14.5. The Hall–Kier alpha value is -4.18. The number of carbonyl (C=O) groups is 2. The quantitative estimate of drug-likeness (QED) is 0.318. The van der Waals surface area contributed by atoms with Crippen molar-refractivity contribution in [3.8, 4) is 0 Å². The number of methoxy groups -OCH3 is 1. The summed E-state index contributed by atoms with van der Waals surface area (Å²) >= 11 is 0. The van der Waals surface area contributed by atoms with Crippen LogP contribution in [0.1, 0.15) is 25.3 Å². The second-order valence-corrected chi connectivity index (χ2v) is 9.28. The summed E-state index contributed by atoms with van der Waals surface area (Å²) in [5.74, 6) is -2.07. The monoisotopic (exact) mass is 520 g/mol. The minimum absolute atomic E-state index is 0.136. The van der Waals surface area contributed by atoms with Gasteiger partial charge in [-0.15, -0.1) is 0 Å². The number of rotatable bonds is 8. The van der Waals surface area contributed by atoms with Gasteiger partial charge in [-0.2, -0.15) is 0 Å². The fourth-order valence-electron chi connectivity index (χ4n) is 5.01. The number of nitrogens with zero attached hydrogens (tertiary/aromatic N) is 3. The minimum Gasteiger partial charge on any atom is -0.466 e. The predicted octanol–water partition coefficient (Wildman–Crippen LogP) is 3.37. The predicted molar refractivity (Wildman–Crippen MR) is 142 cm³/mol. The van der Waals surface area contributed by atoms with E-state index in [1.165, 1.54) is 31.0 Å². The molecule has 1 N–H and O–H groups in total. The van der Waals surface area contributed by atoms with Crippen molar-refractivity contribution < 1.29 is 24.0 Å². The van der Waals surface area contributed by atoms with Gasteiger partial charge in [-0.05, 0) is 31.5 Å². The zero-order valence-corrected chi connectivity index (χ0v) is 21.8. The molecule has 200 valence electrons. The number of ether oxygens (including phenoxy) is 2. The molecule has 10 heteroatoms. The average molecular weight is 521 g/mol. The highest BCUT2D eigenvalue weighted by Crippen LogP contribution is 2.40. The first-order chi connectivity index (χ1) is 18.3. The summed E-state index contributed by atoms with van der Waals surface area (Å²) in [7, 11) is 1.26. The Labute approximate surface area is 221 Å². The van der Waals surface area contributed by atoms with Crippen molar-refractivity contribution in [2.24, 2.45) is 0 Å². The van der Waals surface area contributed by atoms with Gasteiger partial charge in [-0.25, -0.2) is 9.59 Å². The lowest BCUT2D eigenvalue weighted by Gasteiger charge is -2.36. The molecule has 2 aliphatic rings. The molecule has 0 aliphatic carbocycles. The number of benzene rings is 2. The molecular formula is C28H32N4O6. The Bertz CT molecular complexity index is 1270. The lowest BCUT2D eigenvalue weighted by Crippen LogP contribution is -2.47. The number of esters is 2. The maximum absolute atomic E-state index is 13.4. The highest BCUT2D eigenvalue weighted by molar-refractivity contribution is 5.99. The van der Waals surface area contributed by atoms with Crippen molar-refractivity contribution in [2.75, 3.05) is 51.3 Å². The molecule has 0 amide bonds. The fourth-order valence-corrected chi connectivity index (χ4v) is 5.01. The van der Waals surface area contributed by atoms with Gasteiger partial charge in [0.2, 0.25) is 0 Å². The number of hydrogen-bond acceptors (Lipinski definition) is 9. The molecule has 0 radical (unpaired) electrons. The molecule has 1 atom stereocenters. The van der Waals surface area contributed by atoms with Crippen molar-refractivity contribution >= 4 is 23.3 Å². The Morgan fingerprint density at radius 3 is 2.26 bits per heavy atom. The lowest BCUT2D eigenvalue weighted by molar-refractivity contribution is -0.384. The van der Waals surface area contributed by atoms with Crippen LogP contribution in [0.5, 0.6) is 0 Å². The van der Waals surface area contributed by atoms with Crippen LogP contribution in [0.25, 0.3) is 0 Å². The van der Waals surface area contributed by atoms with E-state index in [9.17, 15) is 19.7 Å². The van der Waals surface area contributed by atoms with Crippen LogP contribution in [0, 0.1) is 10.1 Å². The summed E-state index contributed by atoms with van der Waals surface area (Å²) in [4.78, 5) is 41.7. The van der Waals surface area contributed by atoms with Crippen molar-refractivity contribution in [2.45, 2.75) is 19.8 Å². The van der Waals surface area contributed by atoms with Crippen molar-refractivity contribution in [3.05, 3.63) is 92.8 Å². The van der Waals surface area contributed by atoms with Gasteiger partial charge in [0, 0.05) is 61.9 Å². The molecule has 0 saturated carbocycles. The van der Waals surface area contributed by atoms with Gasteiger partial charge in [0.25, 0.3) is 5.69 Å². The highest BCUT2D eigenvalue weighted by atomic mass is 16.6. The molecule has 1 fully saturated rings. The average Bonchev–Trinajstić information content (AvgIpc) is 2.93. The van der Waals surface area contributed by atoms with Gasteiger partial charge in [-0.1, -0.05) is 30.3 Å². The zero-order valence-electron chi connectivity index (χ0n) is 21.8. The molecular weight excluding hydrogens is 488 g/mol. The van der Waals surface area contributed by atoms with Crippen LogP contribution in [-0.2, 0) is 19.1 Å². The third kappa shape index (κ3) is 5.86. The molecule has 4 rings (SSSR count). The second kappa shape index (κ2) is 11.9. The summed E-state index contributed by atoms with van der Waals surface area (Å²) in [6, 6.07) is 16.2. The Morgan fingerprint density at radius 1 is 0.974 bits per heavy atom. The summed E-state index contributed by atoms with van der Waals surface area (Å²) in [5.41, 5.74) is 2.97. The van der Waals surface area contributed by atoms with Crippen LogP contribution < -0.4 is 10.2 Å². The maximum atomic E-state index is 13.4. The molecule has 2 aromatic rings. The number of anilines is 1. The van der Waals surface area contributed by atoms with E-state index in [1.807, 2.05) is 18.2 Å². The second-order valence-electron chi connectivity index (χ2n) is 9.28. The molecule has 10 nitrogen and oxygen atoms in total. The number of allylic oxidation sites excluding steroid dienone is 2. The van der Waals surface area contributed by atoms with Gasteiger partial charge < -0.3 is 19.7 Å². The third-order valence-electron chi connectivity index (χ3n) is 6.93. The number of non-ortho nitro benzene ring substituents is 1. The van der Waals surface area contributed by atoms with Crippen LogP contribution in [0.15, 0.2) is 77.1 Å². The van der Waals surface area contributed by atoms with Crippen molar-refractivity contribution in [1.29, 1.82) is 0 Å². The lowest BCUT2D eigenvalue weighted by atomic mass is 9.80. The number of nitro benzene ring substituents is 1. The zero-order chi connectivity index (χ0) is 27.2. The van der Waals surface area contributed by atoms with Crippen LogP contribution in [-0.4, -0.2) is 68.2 Å². The molecule has 0 spiro atoms. The van der Waals surface area contributed by atoms with E-state index in [0.717, 1.165) is 26.2 Å². The molecule has 2 aliphatic heterocycles. The van der Waals surface area contributed by atoms with Gasteiger partial charge in [0.15, 0.2) is 0 Å². The number of dihydropyridines is 1.